The first kappa shape index (κ1) is 13.8. The minimum Gasteiger partial charge on any atom is -0.312 e. The highest BCUT2D eigenvalue weighted by atomic mass is 32.1. The molecule has 1 atom stereocenters. The van der Waals surface area contributed by atoms with Gasteiger partial charge in [-0.15, -0.1) is 11.3 Å². The summed E-state index contributed by atoms with van der Waals surface area (Å²) >= 11 is 1.54. The normalized spacial score (nSPS) is 17.1. The first-order valence-electron chi connectivity index (χ1n) is 6.96. The third kappa shape index (κ3) is 2.45. The van der Waals surface area contributed by atoms with E-state index in [2.05, 4.69) is 28.5 Å². The molecule has 0 radical (unpaired) electrons. The second-order valence-corrected chi connectivity index (χ2v) is 6.64. The summed E-state index contributed by atoms with van der Waals surface area (Å²) in [6.07, 6.45) is 4.53. The van der Waals surface area contributed by atoms with Gasteiger partial charge in [0.15, 0.2) is 0 Å². The van der Waals surface area contributed by atoms with E-state index in [0.29, 0.717) is 22.0 Å². The number of carbonyl (C=O) groups is 1. The zero-order valence-electron chi connectivity index (χ0n) is 12.0. The van der Waals surface area contributed by atoms with Crippen LogP contribution in [0.1, 0.15) is 45.4 Å². The molecule has 0 aliphatic heterocycles. The maximum absolute atomic E-state index is 12.3. The Kier molecular flexibility index (Phi) is 3.52. The van der Waals surface area contributed by atoms with Crippen LogP contribution in [0.15, 0.2) is 6.20 Å². The summed E-state index contributed by atoms with van der Waals surface area (Å²) in [5.41, 5.74) is 3.00. The fourth-order valence-corrected chi connectivity index (χ4v) is 4.06. The van der Waals surface area contributed by atoms with Crippen LogP contribution in [0, 0.1) is 24.2 Å². The first-order chi connectivity index (χ1) is 10.1. The van der Waals surface area contributed by atoms with E-state index in [9.17, 15) is 10.1 Å². The van der Waals surface area contributed by atoms with Gasteiger partial charge in [-0.25, -0.2) is 0 Å². The van der Waals surface area contributed by atoms with E-state index in [0.717, 1.165) is 30.5 Å². The Bertz CT molecular complexity index is 737. The summed E-state index contributed by atoms with van der Waals surface area (Å²) in [5, 5.41) is 19.6. The molecule has 2 heterocycles. The van der Waals surface area contributed by atoms with Crippen LogP contribution in [0.3, 0.4) is 0 Å². The number of thiophene rings is 1. The number of H-pyrrole nitrogens is 1. The van der Waals surface area contributed by atoms with E-state index < -0.39 is 0 Å². The summed E-state index contributed by atoms with van der Waals surface area (Å²) in [7, 11) is 0. The molecule has 21 heavy (non-hydrogen) atoms. The number of fused-ring (bicyclic) bond motifs is 1. The van der Waals surface area contributed by atoms with Crippen molar-refractivity contribution in [2.75, 3.05) is 5.32 Å². The number of anilines is 1. The Morgan fingerprint density at radius 2 is 2.43 bits per heavy atom. The number of aromatic nitrogens is 2. The molecule has 3 rings (SSSR count). The van der Waals surface area contributed by atoms with Crippen molar-refractivity contribution in [2.24, 2.45) is 5.92 Å². The van der Waals surface area contributed by atoms with Gasteiger partial charge in [-0.05, 0) is 37.7 Å². The van der Waals surface area contributed by atoms with Crippen LogP contribution in [-0.2, 0) is 12.8 Å². The van der Waals surface area contributed by atoms with E-state index in [1.54, 1.807) is 6.92 Å². The van der Waals surface area contributed by atoms with E-state index in [1.807, 2.05) is 0 Å². The quantitative estimate of drug-likeness (QED) is 0.894. The van der Waals surface area contributed by atoms with Gasteiger partial charge in [0, 0.05) is 10.6 Å². The van der Waals surface area contributed by atoms with E-state index >= 15 is 0 Å². The second kappa shape index (κ2) is 5.34. The lowest BCUT2D eigenvalue weighted by Crippen LogP contribution is -2.12. The number of carbonyl (C=O) groups excluding carboxylic acids is 1. The molecule has 0 aromatic carbocycles. The average molecular weight is 300 g/mol. The zero-order valence-corrected chi connectivity index (χ0v) is 12.8. The molecule has 0 saturated heterocycles. The molecule has 0 fully saturated rings. The highest BCUT2D eigenvalue weighted by Crippen LogP contribution is 2.39. The van der Waals surface area contributed by atoms with Gasteiger partial charge in [-0.1, -0.05) is 6.92 Å². The molecule has 1 amide bonds. The minimum absolute atomic E-state index is 0.218. The lowest BCUT2D eigenvalue weighted by Gasteiger charge is -2.17. The molecular formula is C15H16N4OS. The number of aromatic amines is 1. The lowest BCUT2D eigenvalue weighted by atomic mass is 9.88. The Hall–Kier alpha value is -2.13. The summed E-state index contributed by atoms with van der Waals surface area (Å²) in [4.78, 5) is 13.5. The van der Waals surface area contributed by atoms with Crippen molar-refractivity contribution in [1.82, 2.24) is 10.2 Å². The fraction of sp³-hybridized carbons (Fsp3) is 0.400. The highest BCUT2D eigenvalue weighted by molar-refractivity contribution is 7.16. The molecule has 0 saturated carbocycles. The van der Waals surface area contributed by atoms with Gasteiger partial charge in [0.2, 0.25) is 0 Å². The molecular weight excluding hydrogens is 284 g/mol. The van der Waals surface area contributed by atoms with Crippen LogP contribution in [0.2, 0.25) is 0 Å². The number of nitrogens with zero attached hydrogens (tertiary/aromatic N) is 2. The fourth-order valence-electron chi connectivity index (χ4n) is 2.71. The number of hydrogen-bond donors (Lipinski definition) is 2. The number of nitriles is 1. The summed E-state index contributed by atoms with van der Waals surface area (Å²) in [5.74, 6) is 0.423. The average Bonchev–Trinajstić information content (AvgIpc) is 3.01. The van der Waals surface area contributed by atoms with E-state index in [1.165, 1.54) is 22.4 Å². The standard InChI is InChI=1S/C15H16N4OS/c1-8-3-4-10-11(6-16)15(21-13(10)5-8)18-14(20)12-7-17-19-9(12)2/h7-8H,3-5H2,1-2H3,(H,17,19)(H,18,20). The van der Waals surface area contributed by atoms with Gasteiger partial charge in [0.25, 0.3) is 5.91 Å². The van der Waals surface area contributed by atoms with Crippen molar-refractivity contribution >= 4 is 22.2 Å². The SMILES string of the molecule is Cc1[nH]ncc1C(=O)Nc1sc2c(c1C#N)CCC(C)C2. The Morgan fingerprint density at radius 1 is 1.62 bits per heavy atom. The molecule has 2 aromatic rings. The molecule has 0 bridgehead atoms. The molecule has 1 unspecified atom stereocenters. The first-order valence-corrected chi connectivity index (χ1v) is 7.77. The molecule has 108 valence electrons. The van der Waals surface area contributed by atoms with Crippen molar-refractivity contribution in [3.8, 4) is 6.07 Å². The largest absolute Gasteiger partial charge is 0.312 e. The Balaban J connectivity index is 1.91. The number of aryl methyl sites for hydroxylation is 1. The number of nitrogens with one attached hydrogen (secondary N) is 2. The predicted octanol–water partition coefficient (Wildman–Crippen LogP) is 3.03. The summed E-state index contributed by atoms with van der Waals surface area (Å²) in [6, 6.07) is 2.26. The van der Waals surface area contributed by atoms with Crippen LogP contribution < -0.4 is 5.32 Å². The smallest absolute Gasteiger partial charge is 0.259 e. The second-order valence-electron chi connectivity index (χ2n) is 5.53. The van der Waals surface area contributed by atoms with Crippen molar-refractivity contribution < 1.29 is 4.79 Å². The topological polar surface area (TPSA) is 81.6 Å². The van der Waals surface area contributed by atoms with Gasteiger partial charge >= 0.3 is 0 Å². The zero-order chi connectivity index (χ0) is 15.0. The van der Waals surface area contributed by atoms with Gasteiger partial charge in [0.1, 0.15) is 11.1 Å². The summed E-state index contributed by atoms with van der Waals surface area (Å²) in [6.45, 7) is 4.02. The van der Waals surface area contributed by atoms with Gasteiger partial charge in [0.05, 0.1) is 17.3 Å². The van der Waals surface area contributed by atoms with Crippen molar-refractivity contribution in [2.45, 2.75) is 33.1 Å². The van der Waals surface area contributed by atoms with Gasteiger partial charge in [-0.2, -0.15) is 10.4 Å². The monoisotopic (exact) mass is 300 g/mol. The third-order valence-corrected chi connectivity index (χ3v) is 5.09. The van der Waals surface area contributed by atoms with Crippen LogP contribution in [0.4, 0.5) is 5.00 Å². The minimum atomic E-state index is -0.218. The van der Waals surface area contributed by atoms with Crippen LogP contribution in [0.5, 0.6) is 0 Å². The molecule has 0 spiro atoms. The number of hydrogen-bond acceptors (Lipinski definition) is 4. The summed E-state index contributed by atoms with van der Waals surface area (Å²) < 4.78 is 0. The molecule has 1 aliphatic carbocycles. The predicted molar refractivity (Wildman–Crippen MR) is 81.5 cm³/mol. The Labute approximate surface area is 127 Å². The lowest BCUT2D eigenvalue weighted by molar-refractivity contribution is 0.102. The maximum Gasteiger partial charge on any atom is 0.259 e. The van der Waals surface area contributed by atoms with Gasteiger partial charge in [-0.3, -0.25) is 9.89 Å². The molecule has 2 N–H and O–H groups in total. The van der Waals surface area contributed by atoms with Crippen LogP contribution in [0.25, 0.3) is 0 Å². The molecule has 6 heteroatoms. The van der Waals surface area contributed by atoms with Crippen molar-refractivity contribution in [3.05, 3.63) is 33.5 Å². The van der Waals surface area contributed by atoms with Gasteiger partial charge < -0.3 is 5.32 Å². The van der Waals surface area contributed by atoms with E-state index in [-0.39, 0.29) is 5.91 Å². The van der Waals surface area contributed by atoms with Crippen molar-refractivity contribution in [1.29, 1.82) is 5.26 Å². The Morgan fingerprint density at radius 3 is 3.10 bits per heavy atom. The molecule has 1 aliphatic rings. The van der Waals surface area contributed by atoms with Crippen LogP contribution >= 0.6 is 11.3 Å². The third-order valence-electron chi connectivity index (χ3n) is 3.93. The molecule has 5 nitrogen and oxygen atoms in total. The van der Waals surface area contributed by atoms with Crippen molar-refractivity contribution in [3.63, 3.8) is 0 Å². The highest BCUT2D eigenvalue weighted by Gasteiger charge is 2.25. The molecule has 2 aromatic heterocycles. The van der Waals surface area contributed by atoms with E-state index in [4.69, 9.17) is 0 Å². The maximum atomic E-state index is 12.3. The number of amides is 1. The van der Waals surface area contributed by atoms with Crippen LogP contribution in [-0.4, -0.2) is 16.1 Å². The number of rotatable bonds is 2.